The lowest BCUT2D eigenvalue weighted by atomic mass is 10.3. The van der Waals surface area contributed by atoms with Crippen molar-refractivity contribution in [2.75, 3.05) is 37.8 Å². The van der Waals surface area contributed by atoms with E-state index in [4.69, 9.17) is 0 Å². The van der Waals surface area contributed by atoms with Crippen molar-refractivity contribution >= 4 is 23.4 Å². The summed E-state index contributed by atoms with van der Waals surface area (Å²) in [6, 6.07) is 18.3. The average molecular weight is 340 g/mol. The number of para-hydroxylation sites is 2. The Labute approximate surface area is 148 Å². The Morgan fingerprint density at radius 2 is 1.08 bits per heavy atom. The van der Waals surface area contributed by atoms with Crippen LogP contribution in [-0.4, -0.2) is 49.0 Å². The predicted octanol–water partition coefficient (Wildman–Crippen LogP) is 3.70. The molecule has 2 rings (SSSR count). The second-order valence-electron chi connectivity index (χ2n) is 5.79. The fourth-order valence-corrected chi connectivity index (χ4v) is 2.23. The van der Waals surface area contributed by atoms with Gasteiger partial charge in [0.1, 0.15) is 0 Å². The van der Waals surface area contributed by atoms with Gasteiger partial charge < -0.3 is 20.4 Å². The monoisotopic (exact) mass is 340 g/mol. The smallest absolute Gasteiger partial charge is 0.321 e. The second kappa shape index (κ2) is 9.32. The third-order valence-corrected chi connectivity index (χ3v) is 3.73. The van der Waals surface area contributed by atoms with Crippen LogP contribution in [0.15, 0.2) is 60.7 Å². The molecule has 2 N–H and O–H groups in total. The quantitative estimate of drug-likeness (QED) is 0.842. The molecule has 4 amide bonds. The molecule has 0 saturated heterocycles. The van der Waals surface area contributed by atoms with Gasteiger partial charge in [0.25, 0.3) is 0 Å². The molecule has 6 heteroatoms. The number of amides is 4. The summed E-state index contributed by atoms with van der Waals surface area (Å²) < 4.78 is 0. The van der Waals surface area contributed by atoms with E-state index >= 15 is 0 Å². The van der Waals surface area contributed by atoms with E-state index < -0.39 is 0 Å². The molecule has 0 fully saturated rings. The van der Waals surface area contributed by atoms with E-state index in [0.717, 1.165) is 11.4 Å². The summed E-state index contributed by atoms with van der Waals surface area (Å²) in [4.78, 5) is 27.4. The molecular formula is C19H24N4O2. The first kappa shape index (κ1) is 18.3. The molecule has 6 nitrogen and oxygen atoms in total. The van der Waals surface area contributed by atoms with Crippen LogP contribution in [0.5, 0.6) is 0 Å². The summed E-state index contributed by atoms with van der Waals surface area (Å²) in [6.07, 6.45) is 0.692. The number of carbonyl (C=O) groups excluding carboxylic acids is 2. The van der Waals surface area contributed by atoms with Crippen LogP contribution in [-0.2, 0) is 0 Å². The number of hydrogen-bond acceptors (Lipinski definition) is 2. The topological polar surface area (TPSA) is 64.7 Å². The van der Waals surface area contributed by atoms with Crippen molar-refractivity contribution in [3.05, 3.63) is 60.7 Å². The van der Waals surface area contributed by atoms with Gasteiger partial charge in [-0.25, -0.2) is 9.59 Å². The van der Waals surface area contributed by atoms with E-state index in [-0.39, 0.29) is 12.1 Å². The van der Waals surface area contributed by atoms with Crippen molar-refractivity contribution in [3.8, 4) is 0 Å². The van der Waals surface area contributed by atoms with Crippen LogP contribution >= 0.6 is 0 Å². The van der Waals surface area contributed by atoms with Gasteiger partial charge in [0.2, 0.25) is 0 Å². The van der Waals surface area contributed by atoms with E-state index in [1.807, 2.05) is 60.7 Å². The van der Waals surface area contributed by atoms with E-state index in [0.29, 0.717) is 19.5 Å². The van der Waals surface area contributed by atoms with Gasteiger partial charge in [0, 0.05) is 38.6 Å². The first-order valence-corrected chi connectivity index (χ1v) is 8.20. The van der Waals surface area contributed by atoms with Gasteiger partial charge >= 0.3 is 12.1 Å². The molecule has 0 aromatic heterocycles. The highest BCUT2D eigenvalue weighted by atomic mass is 16.2. The number of carbonyl (C=O) groups is 2. The van der Waals surface area contributed by atoms with Crippen LogP contribution in [0.3, 0.4) is 0 Å². The minimum atomic E-state index is -0.164. The number of urea groups is 2. The number of hydrogen-bond donors (Lipinski definition) is 2. The van der Waals surface area contributed by atoms with Gasteiger partial charge in [0.05, 0.1) is 0 Å². The zero-order valence-corrected chi connectivity index (χ0v) is 14.6. The lowest BCUT2D eigenvalue weighted by Gasteiger charge is -2.21. The summed E-state index contributed by atoms with van der Waals surface area (Å²) in [5.41, 5.74) is 1.53. The Morgan fingerprint density at radius 1 is 0.720 bits per heavy atom. The molecule has 0 aliphatic rings. The molecule has 0 saturated carbocycles. The van der Waals surface area contributed by atoms with Crippen molar-refractivity contribution in [2.24, 2.45) is 0 Å². The summed E-state index contributed by atoms with van der Waals surface area (Å²) in [5, 5.41) is 5.66. The van der Waals surface area contributed by atoms with Crippen molar-refractivity contribution in [3.63, 3.8) is 0 Å². The first-order valence-electron chi connectivity index (χ1n) is 8.20. The van der Waals surface area contributed by atoms with Gasteiger partial charge in [0.15, 0.2) is 0 Å². The zero-order chi connectivity index (χ0) is 18.1. The largest absolute Gasteiger partial charge is 0.328 e. The maximum absolute atomic E-state index is 12.1. The maximum atomic E-state index is 12.1. The predicted molar refractivity (Wildman–Crippen MR) is 101 cm³/mol. The van der Waals surface area contributed by atoms with E-state index in [2.05, 4.69) is 10.6 Å². The molecule has 0 heterocycles. The van der Waals surface area contributed by atoms with Crippen LogP contribution in [0, 0.1) is 0 Å². The third-order valence-electron chi connectivity index (χ3n) is 3.73. The molecular weight excluding hydrogens is 316 g/mol. The highest BCUT2D eigenvalue weighted by Crippen LogP contribution is 2.07. The fraction of sp³-hybridized carbons (Fsp3) is 0.263. The van der Waals surface area contributed by atoms with Gasteiger partial charge in [-0.1, -0.05) is 36.4 Å². The maximum Gasteiger partial charge on any atom is 0.321 e. The third kappa shape index (κ3) is 6.18. The van der Waals surface area contributed by atoms with Crippen molar-refractivity contribution in [1.29, 1.82) is 0 Å². The number of rotatable bonds is 6. The molecule has 0 unspecified atom stereocenters. The highest BCUT2D eigenvalue weighted by molar-refractivity contribution is 5.89. The summed E-state index contributed by atoms with van der Waals surface area (Å²) >= 11 is 0. The van der Waals surface area contributed by atoms with Crippen LogP contribution in [0.25, 0.3) is 0 Å². The standard InChI is InChI=1S/C19H24N4O2/c1-22(18(24)20-16-10-5-3-6-11-16)14-9-15-23(2)19(25)21-17-12-7-4-8-13-17/h3-8,10-13H,9,14-15H2,1-2H3,(H,20,24)(H,21,25). The number of benzene rings is 2. The molecule has 25 heavy (non-hydrogen) atoms. The van der Waals surface area contributed by atoms with Crippen molar-refractivity contribution in [1.82, 2.24) is 9.80 Å². The summed E-state index contributed by atoms with van der Waals surface area (Å²) in [5.74, 6) is 0. The molecule has 0 aliphatic heterocycles. The normalized spacial score (nSPS) is 10.0. The molecule has 2 aromatic carbocycles. The molecule has 0 spiro atoms. The van der Waals surface area contributed by atoms with Gasteiger partial charge in [-0.2, -0.15) is 0 Å². The van der Waals surface area contributed by atoms with E-state index in [9.17, 15) is 9.59 Å². The molecule has 2 aromatic rings. The minimum absolute atomic E-state index is 0.164. The highest BCUT2D eigenvalue weighted by Gasteiger charge is 2.11. The van der Waals surface area contributed by atoms with Crippen LogP contribution in [0.2, 0.25) is 0 Å². The average Bonchev–Trinajstić information content (AvgIpc) is 2.63. The number of nitrogens with zero attached hydrogens (tertiary/aromatic N) is 2. The second-order valence-corrected chi connectivity index (χ2v) is 5.79. The molecule has 132 valence electrons. The van der Waals surface area contributed by atoms with Crippen LogP contribution < -0.4 is 10.6 Å². The Kier molecular flexibility index (Phi) is 6.83. The van der Waals surface area contributed by atoms with Gasteiger partial charge in [-0.15, -0.1) is 0 Å². The Morgan fingerprint density at radius 3 is 1.44 bits per heavy atom. The fourth-order valence-electron chi connectivity index (χ4n) is 2.23. The molecule has 0 atom stereocenters. The lowest BCUT2D eigenvalue weighted by Crippen LogP contribution is -2.36. The first-order chi connectivity index (χ1) is 12.1. The zero-order valence-electron chi connectivity index (χ0n) is 14.6. The number of anilines is 2. The van der Waals surface area contributed by atoms with Crippen molar-refractivity contribution in [2.45, 2.75) is 6.42 Å². The Balaban J connectivity index is 1.70. The number of nitrogens with one attached hydrogen (secondary N) is 2. The minimum Gasteiger partial charge on any atom is -0.328 e. The summed E-state index contributed by atoms with van der Waals surface area (Å²) in [6.45, 7) is 1.11. The van der Waals surface area contributed by atoms with E-state index in [1.54, 1.807) is 23.9 Å². The Bertz CT molecular complexity index is 617. The van der Waals surface area contributed by atoms with Crippen LogP contribution in [0.4, 0.5) is 21.0 Å². The molecule has 0 bridgehead atoms. The Hall–Kier alpha value is -3.02. The van der Waals surface area contributed by atoms with Crippen LogP contribution in [0.1, 0.15) is 6.42 Å². The lowest BCUT2D eigenvalue weighted by molar-refractivity contribution is 0.213. The SMILES string of the molecule is CN(CCCN(C)C(=O)Nc1ccccc1)C(=O)Nc1ccccc1. The van der Waals surface area contributed by atoms with E-state index in [1.165, 1.54) is 0 Å². The van der Waals surface area contributed by atoms with Crippen molar-refractivity contribution < 1.29 is 9.59 Å². The molecule has 0 aliphatic carbocycles. The molecule has 0 radical (unpaired) electrons. The van der Waals surface area contributed by atoms with Gasteiger partial charge in [-0.05, 0) is 30.7 Å². The summed E-state index contributed by atoms with van der Waals surface area (Å²) in [7, 11) is 3.48. The van der Waals surface area contributed by atoms with Gasteiger partial charge in [-0.3, -0.25) is 0 Å².